The van der Waals surface area contributed by atoms with Crippen LogP contribution in [0.1, 0.15) is 10.4 Å². The quantitative estimate of drug-likeness (QED) is 0.630. The van der Waals surface area contributed by atoms with E-state index in [1.165, 1.54) is 18.2 Å². The van der Waals surface area contributed by atoms with E-state index in [0.717, 1.165) is 0 Å². The zero-order chi connectivity index (χ0) is 11.9. The molecule has 0 radical (unpaired) electrons. The van der Waals surface area contributed by atoms with Crippen LogP contribution in [0.2, 0.25) is 0 Å². The molecule has 1 aliphatic rings. The van der Waals surface area contributed by atoms with Gasteiger partial charge in [-0.05, 0) is 0 Å². The number of halogens is 4. The standard InChI is InChI=1S/C9H5F3INO2/c10-9(11,12)8(14)13-6-4-2-1-3-5(6)7(15)16-13/h1-4,14H. The Labute approximate surface area is 96.0 Å². The average Bonchev–Trinajstić information content (AvgIpc) is 2.55. The molecular weight excluding hydrogens is 338 g/mol. The molecule has 0 saturated heterocycles. The Kier molecular flexibility index (Phi) is 2.64. The van der Waals surface area contributed by atoms with Gasteiger partial charge in [0.1, 0.15) is 0 Å². The fraction of sp³-hybridized carbons (Fsp3) is 0.111. The molecule has 0 unspecified atom stereocenters. The maximum atomic E-state index is 12.3. The number of nitrogens with one attached hydrogen (secondary N) is 1. The molecule has 2 rings (SSSR count). The molecule has 1 aromatic rings. The zero-order valence-electron chi connectivity index (χ0n) is 7.64. The van der Waals surface area contributed by atoms with Crippen LogP contribution in [0, 0.1) is 8.98 Å². The fourth-order valence-electron chi connectivity index (χ4n) is 1.17. The van der Waals surface area contributed by atoms with E-state index in [-0.39, 0.29) is 9.13 Å². The first-order valence-corrected chi connectivity index (χ1v) is 7.12. The van der Waals surface area contributed by atoms with Gasteiger partial charge >= 0.3 is 95.9 Å². The number of carbonyl (C=O) groups is 1. The van der Waals surface area contributed by atoms with Gasteiger partial charge in [0.05, 0.1) is 0 Å². The summed E-state index contributed by atoms with van der Waals surface area (Å²) in [6.07, 6.45) is -4.72. The van der Waals surface area contributed by atoms with Crippen molar-refractivity contribution in [1.29, 1.82) is 5.41 Å². The van der Waals surface area contributed by atoms with Crippen LogP contribution < -0.4 is 0 Å². The van der Waals surface area contributed by atoms with Gasteiger partial charge in [0.25, 0.3) is 0 Å². The van der Waals surface area contributed by atoms with Gasteiger partial charge in [-0.25, -0.2) is 0 Å². The minimum absolute atomic E-state index is 0.154. The summed E-state index contributed by atoms with van der Waals surface area (Å²) in [6.45, 7) is 0. The first kappa shape index (κ1) is 11.4. The molecule has 1 heterocycles. The van der Waals surface area contributed by atoms with E-state index in [2.05, 4.69) is 0 Å². The van der Waals surface area contributed by atoms with Gasteiger partial charge in [-0.1, -0.05) is 0 Å². The number of hydrogen-bond acceptors (Lipinski definition) is 3. The number of carbonyl (C=O) groups excluding carboxylic acids is 1. The zero-order valence-corrected chi connectivity index (χ0v) is 9.80. The van der Waals surface area contributed by atoms with E-state index >= 15 is 0 Å². The molecule has 7 heteroatoms. The third kappa shape index (κ3) is 1.79. The average molecular weight is 343 g/mol. The number of rotatable bonds is 1. The van der Waals surface area contributed by atoms with Gasteiger partial charge in [-0.3, -0.25) is 0 Å². The summed E-state index contributed by atoms with van der Waals surface area (Å²) in [4.78, 5) is 11.3. The number of hydrogen-bond donors (Lipinski definition) is 1. The Balaban J connectivity index is 2.42. The molecule has 3 nitrogen and oxygen atoms in total. The van der Waals surface area contributed by atoms with E-state index in [9.17, 15) is 18.0 Å². The van der Waals surface area contributed by atoms with Crippen molar-refractivity contribution in [1.82, 2.24) is 0 Å². The Bertz CT molecular complexity index is 472. The van der Waals surface area contributed by atoms with E-state index < -0.39 is 36.1 Å². The van der Waals surface area contributed by atoms with E-state index in [1.807, 2.05) is 0 Å². The van der Waals surface area contributed by atoms with Crippen molar-refractivity contribution in [2.45, 2.75) is 6.18 Å². The summed E-state index contributed by atoms with van der Waals surface area (Å²) >= 11 is -3.34. The first-order chi connectivity index (χ1) is 7.41. The first-order valence-electron chi connectivity index (χ1n) is 4.08. The Hall–Kier alpha value is -1.12. The summed E-state index contributed by atoms with van der Waals surface area (Å²) < 4.78 is 40.6. The SMILES string of the molecule is N=C(I1OC(=O)c2ccccc21)C(F)(F)F. The molecular formula is C9H5F3INO2. The van der Waals surface area contributed by atoms with Crippen molar-refractivity contribution in [2.24, 2.45) is 0 Å². The molecule has 0 spiro atoms. The fourth-order valence-corrected chi connectivity index (χ4v) is 4.86. The van der Waals surface area contributed by atoms with Crippen LogP contribution in [-0.2, 0) is 3.07 Å². The van der Waals surface area contributed by atoms with Crippen LogP contribution in [0.3, 0.4) is 0 Å². The topological polar surface area (TPSA) is 50.1 Å². The molecule has 0 atom stereocenters. The van der Waals surface area contributed by atoms with Crippen LogP contribution in [0.25, 0.3) is 0 Å². The second-order valence-corrected chi connectivity index (χ2v) is 7.01. The molecule has 0 aromatic heterocycles. The van der Waals surface area contributed by atoms with Crippen LogP contribution in [0.5, 0.6) is 0 Å². The second-order valence-electron chi connectivity index (χ2n) is 2.90. The summed E-state index contributed by atoms with van der Waals surface area (Å²) in [5, 5.41) is 7.03. The van der Waals surface area contributed by atoms with E-state index in [0.29, 0.717) is 0 Å². The van der Waals surface area contributed by atoms with Crippen molar-refractivity contribution in [3.63, 3.8) is 0 Å². The molecule has 0 amide bonds. The molecule has 86 valence electrons. The number of fused-ring (bicyclic) bond motifs is 1. The van der Waals surface area contributed by atoms with Gasteiger partial charge < -0.3 is 0 Å². The Morgan fingerprint density at radius 2 is 1.94 bits per heavy atom. The molecule has 0 aliphatic carbocycles. The van der Waals surface area contributed by atoms with Gasteiger partial charge in [-0.15, -0.1) is 0 Å². The molecule has 1 aromatic carbocycles. The van der Waals surface area contributed by atoms with Crippen molar-refractivity contribution in [3.05, 3.63) is 33.4 Å². The van der Waals surface area contributed by atoms with Gasteiger partial charge in [0.2, 0.25) is 0 Å². The van der Waals surface area contributed by atoms with Gasteiger partial charge in [0, 0.05) is 0 Å². The Morgan fingerprint density at radius 3 is 2.56 bits per heavy atom. The molecule has 0 bridgehead atoms. The van der Waals surface area contributed by atoms with E-state index in [1.54, 1.807) is 6.07 Å². The second kappa shape index (κ2) is 3.72. The normalized spacial score (nSPS) is 16.9. The number of alkyl halides is 3. The van der Waals surface area contributed by atoms with E-state index in [4.69, 9.17) is 8.48 Å². The predicted octanol–water partition coefficient (Wildman–Crippen LogP) is 2.99. The summed E-state index contributed by atoms with van der Waals surface area (Å²) in [7, 11) is 0. The van der Waals surface area contributed by atoms with Crippen LogP contribution in [-0.4, -0.2) is 15.9 Å². The third-order valence-electron chi connectivity index (χ3n) is 1.85. The maximum absolute atomic E-state index is 12.3. The molecule has 0 fully saturated rings. The predicted molar refractivity (Wildman–Crippen MR) is 58.4 cm³/mol. The van der Waals surface area contributed by atoms with Crippen LogP contribution >= 0.6 is 20.2 Å². The molecule has 0 saturated carbocycles. The summed E-state index contributed by atoms with van der Waals surface area (Å²) in [6, 6.07) is 5.93. The van der Waals surface area contributed by atoms with Crippen LogP contribution in [0.15, 0.2) is 24.3 Å². The third-order valence-corrected chi connectivity index (χ3v) is 6.27. The minimum atomic E-state index is -4.72. The summed E-state index contributed by atoms with van der Waals surface area (Å²) in [5.41, 5.74) is 0.154. The Morgan fingerprint density at radius 1 is 1.31 bits per heavy atom. The molecule has 16 heavy (non-hydrogen) atoms. The monoisotopic (exact) mass is 343 g/mol. The van der Waals surface area contributed by atoms with Gasteiger partial charge in [-0.2, -0.15) is 0 Å². The number of benzene rings is 1. The van der Waals surface area contributed by atoms with Crippen LogP contribution in [0.4, 0.5) is 13.2 Å². The summed E-state index contributed by atoms with van der Waals surface area (Å²) in [5.74, 6) is -0.755. The van der Waals surface area contributed by atoms with Gasteiger partial charge in [0.15, 0.2) is 0 Å². The van der Waals surface area contributed by atoms with Crippen molar-refractivity contribution in [3.8, 4) is 0 Å². The molecule has 1 aliphatic heterocycles. The van der Waals surface area contributed by atoms with Crippen molar-refractivity contribution in [2.75, 3.05) is 0 Å². The van der Waals surface area contributed by atoms with Crippen molar-refractivity contribution >= 4 is 29.9 Å². The van der Waals surface area contributed by atoms with Crippen molar-refractivity contribution < 1.29 is 21.0 Å². The molecule has 1 N–H and O–H groups in total.